The number of benzene rings is 1. The fraction of sp³-hybridized carbons (Fsp3) is 0.552. The Morgan fingerprint density at radius 3 is 2.36 bits per heavy atom. The molecule has 4 aliphatic rings. The molecular weight excluding hydrogens is 516 g/mol. The van der Waals surface area contributed by atoms with E-state index in [4.69, 9.17) is 19.6 Å². The van der Waals surface area contributed by atoms with Crippen molar-refractivity contribution in [2.45, 2.75) is 62.8 Å². The van der Waals surface area contributed by atoms with Gasteiger partial charge < -0.3 is 19.3 Å². The summed E-state index contributed by atoms with van der Waals surface area (Å²) >= 11 is 0. The van der Waals surface area contributed by atoms with Crippen LogP contribution in [0.2, 0.25) is 0 Å². The smallest absolute Gasteiger partial charge is 0.254 e. The average Bonchev–Trinajstić information content (AvgIpc) is 3.74. The van der Waals surface area contributed by atoms with Crippen molar-refractivity contribution in [3.63, 3.8) is 0 Å². The van der Waals surface area contributed by atoms with E-state index >= 15 is 0 Å². The summed E-state index contributed by atoms with van der Waals surface area (Å²) in [4.78, 5) is 35.1. The summed E-state index contributed by atoms with van der Waals surface area (Å²) < 4.78 is 23.1. The minimum atomic E-state index is -1.35. The Balaban J connectivity index is 1.13. The maximum Gasteiger partial charge on any atom is 0.254 e. The number of fused-ring (bicyclic) bond motifs is 1. The molecule has 4 heterocycles. The van der Waals surface area contributed by atoms with Crippen LogP contribution in [0, 0.1) is 5.92 Å². The number of nitrogens with zero attached hydrogens (tertiary/aromatic N) is 3. The third-order valence-corrected chi connectivity index (χ3v) is 9.52. The van der Waals surface area contributed by atoms with E-state index in [0.717, 1.165) is 55.7 Å². The number of aromatic nitrogens is 1. The van der Waals surface area contributed by atoms with Gasteiger partial charge in [0.05, 0.1) is 22.8 Å². The summed E-state index contributed by atoms with van der Waals surface area (Å²) in [6.45, 7) is 4.21. The van der Waals surface area contributed by atoms with Gasteiger partial charge in [-0.05, 0) is 73.8 Å². The molecule has 1 saturated carbocycles. The molecular formula is C29H36N4O5S. The van der Waals surface area contributed by atoms with Crippen LogP contribution >= 0.6 is 0 Å². The molecule has 2 N–H and O–H groups in total. The van der Waals surface area contributed by atoms with Crippen LogP contribution in [0.4, 0.5) is 0 Å². The molecule has 6 rings (SSSR count). The Morgan fingerprint density at radius 1 is 0.923 bits per heavy atom. The van der Waals surface area contributed by atoms with Crippen LogP contribution in [-0.4, -0.2) is 69.0 Å². The van der Waals surface area contributed by atoms with Crippen LogP contribution in [0.3, 0.4) is 0 Å². The van der Waals surface area contributed by atoms with Gasteiger partial charge in [-0.25, -0.2) is 9.19 Å². The number of hydrogen-bond donors (Lipinski definition) is 1. The SMILES string of the molecule is NS(=O)C1CCN(C(=O)c2ccc3c(c2)CN(C(=O)c2cc(OCC4CCOCC4)nc(C4CC4)c2)C3)CC1. The highest BCUT2D eigenvalue weighted by Crippen LogP contribution is 2.40. The first-order valence-electron chi connectivity index (χ1n) is 14.0. The lowest BCUT2D eigenvalue weighted by atomic mass is 10.0. The Bertz CT molecular complexity index is 1270. The number of amides is 2. The summed E-state index contributed by atoms with van der Waals surface area (Å²) in [5.74, 6) is 1.31. The summed E-state index contributed by atoms with van der Waals surface area (Å²) in [5, 5.41) is 5.50. The molecule has 2 saturated heterocycles. The summed E-state index contributed by atoms with van der Waals surface area (Å²) in [6, 6.07) is 9.44. The van der Waals surface area contributed by atoms with Gasteiger partial charge in [0.1, 0.15) is 0 Å². The molecule has 1 aromatic heterocycles. The number of rotatable bonds is 7. The van der Waals surface area contributed by atoms with Crippen molar-refractivity contribution in [3.05, 3.63) is 58.3 Å². The largest absolute Gasteiger partial charge is 0.477 e. The first kappa shape index (κ1) is 26.4. The second kappa shape index (κ2) is 11.3. The monoisotopic (exact) mass is 552 g/mol. The topological polar surface area (TPSA) is 115 Å². The van der Waals surface area contributed by atoms with E-state index in [1.807, 2.05) is 29.2 Å². The second-order valence-corrected chi connectivity index (χ2v) is 12.5. The molecule has 39 heavy (non-hydrogen) atoms. The maximum absolute atomic E-state index is 13.6. The number of piperidine rings is 1. The molecule has 9 nitrogen and oxygen atoms in total. The van der Waals surface area contributed by atoms with Crippen LogP contribution in [0.25, 0.3) is 0 Å². The maximum atomic E-state index is 13.6. The Hall–Kier alpha value is -2.82. The quantitative estimate of drug-likeness (QED) is 0.564. The van der Waals surface area contributed by atoms with Gasteiger partial charge in [-0.15, -0.1) is 0 Å². The van der Waals surface area contributed by atoms with Crippen molar-refractivity contribution in [3.8, 4) is 5.88 Å². The highest BCUT2D eigenvalue weighted by atomic mass is 32.2. The number of likely N-dealkylation sites (tertiary alicyclic amines) is 1. The van der Waals surface area contributed by atoms with Gasteiger partial charge in [0.25, 0.3) is 11.8 Å². The van der Waals surface area contributed by atoms with Gasteiger partial charge in [0, 0.05) is 68.2 Å². The predicted molar refractivity (Wildman–Crippen MR) is 147 cm³/mol. The van der Waals surface area contributed by atoms with Gasteiger partial charge in [0.2, 0.25) is 5.88 Å². The van der Waals surface area contributed by atoms with E-state index in [-0.39, 0.29) is 17.1 Å². The van der Waals surface area contributed by atoms with Crippen molar-refractivity contribution < 1.29 is 23.3 Å². The van der Waals surface area contributed by atoms with Gasteiger partial charge in [-0.3, -0.25) is 14.7 Å². The van der Waals surface area contributed by atoms with E-state index in [2.05, 4.69) is 0 Å². The number of carbonyl (C=O) groups excluding carboxylic acids is 2. The van der Waals surface area contributed by atoms with Gasteiger partial charge in [0.15, 0.2) is 0 Å². The molecule has 1 aromatic carbocycles. The Morgan fingerprint density at radius 2 is 1.64 bits per heavy atom. The fourth-order valence-corrected chi connectivity index (χ4v) is 6.43. The van der Waals surface area contributed by atoms with E-state index in [1.165, 1.54) is 0 Å². The van der Waals surface area contributed by atoms with Gasteiger partial charge in [-0.1, -0.05) is 6.07 Å². The zero-order valence-electron chi connectivity index (χ0n) is 22.2. The minimum Gasteiger partial charge on any atom is -0.477 e. The van der Waals surface area contributed by atoms with E-state index in [0.29, 0.717) is 74.5 Å². The zero-order valence-corrected chi connectivity index (χ0v) is 23.0. The molecule has 3 fully saturated rings. The molecule has 10 heteroatoms. The molecule has 1 aliphatic carbocycles. The fourth-order valence-electron chi connectivity index (χ4n) is 5.76. The Kier molecular flexibility index (Phi) is 7.68. The third kappa shape index (κ3) is 6.02. The number of hydrogen-bond acceptors (Lipinski definition) is 6. The first-order chi connectivity index (χ1) is 18.9. The third-order valence-electron chi connectivity index (χ3n) is 8.39. The number of pyridine rings is 1. The number of ether oxygens (including phenoxy) is 2. The molecule has 3 aliphatic heterocycles. The normalized spacial score (nSPS) is 21.1. The van der Waals surface area contributed by atoms with Crippen LogP contribution < -0.4 is 9.88 Å². The highest BCUT2D eigenvalue weighted by Gasteiger charge is 2.31. The average molecular weight is 553 g/mol. The van der Waals surface area contributed by atoms with Crippen LogP contribution in [0.15, 0.2) is 30.3 Å². The summed E-state index contributed by atoms with van der Waals surface area (Å²) in [5.41, 5.74) is 4.23. The number of carbonyl (C=O) groups is 2. The molecule has 0 bridgehead atoms. The van der Waals surface area contributed by atoms with E-state index in [9.17, 15) is 13.8 Å². The lowest BCUT2D eigenvalue weighted by Crippen LogP contribution is -2.42. The molecule has 208 valence electrons. The van der Waals surface area contributed by atoms with Crippen molar-refractivity contribution >= 4 is 22.8 Å². The van der Waals surface area contributed by atoms with Crippen molar-refractivity contribution in [1.29, 1.82) is 0 Å². The highest BCUT2D eigenvalue weighted by molar-refractivity contribution is 7.83. The second-order valence-electron chi connectivity index (χ2n) is 11.2. The molecule has 0 spiro atoms. The van der Waals surface area contributed by atoms with Crippen LogP contribution in [-0.2, 0) is 28.8 Å². The van der Waals surface area contributed by atoms with Crippen LogP contribution in [0.1, 0.15) is 82.0 Å². The molecule has 1 unspecified atom stereocenters. The van der Waals surface area contributed by atoms with Crippen LogP contribution in [0.5, 0.6) is 5.88 Å². The summed E-state index contributed by atoms with van der Waals surface area (Å²) in [7, 11) is -1.35. The van der Waals surface area contributed by atoms with Crippen molar-refractivity contribution in [1.82, 2.24) is 14.8 Å². The molecule has 2 amide bonds. The van der Waals surface area contributed by atoms with Gasteiger partial charge in [-0.2, -0.15) is 0 Å². The molecule has 1 atom stereocenters. The van der Waals surface area contributed by atoms with E-state index < -0.39 is 11.0 Å². The predicted octanol–water partition coefficient (Wildman–Crippen LogP) is 3.15. The lowest BCUT2D eigenvalue weighted by molar-refractivity contribution is 0.0490. The van der Waals surface area contributed by atoms with Crippen molar-refractivity contribution in [2.75, 3.05) is 32.9 Å². The minimum absolute atomic E-state index is 0.0293. The Labute approximate surface area is 231 Å². The molecule has 0 radical (unpaired) electrons. The van der Waals surface area contributed by atoms with Gasteiger partial charge >= 0.3 is 0 Å². The van der Waals surface area contributed by atoms with Crippen molar-refractivity contribution in [2.24, 2.45) is 11.1 Å². The molecule has 2 aromatic rings. The standard InChI is InChI=1S/C29H36N4O5S/c30-39(36)25-5-9-32(10-6-25)28(34)21-3-4-22-16-33(17-24(22)13-21)29(35)23-14-26(20-1-2-20)31-27(15-23)38-18-19-7-11-37-12-8-19/h3-4,13-15,19-20,25H,1-2,5-12,16-18,30H2. The lowest BCUT2D eigenvalue weighted by Gasteiger charge is -2.30. The summed E-state index contributed by atoms with van der Waals surface area (Å²) in [6.07, 6.45) is 5.46. The first-order valence-corrected chi connectivity index (χ1v) is 15.3. The van der Waals surface area contributed by atoms with E-state index in [1.54, 1.807) is 11.0 Å². The number of nitrogens with two attached hydrogens (primary N) is 1. The zero-order chi connectivity index (χ0) is 26.9.